The average molecular weight is 301 g/mol. The molecule has 0 spiro atoms. The maximum Gasteiger partial charge on any atom is 0.303 e. The number of rotatable bonds is 6. The third kappa shape index (κ3) is 4.51. The summed E-state index contributed by atoms with van der Waals surface area (Å²) in [4.78, 5) is 32.5. The lowest BCUT2D eigenvalue weighted by Crippen LogP contribution is -2.33. The van der Waals surface area contributed by atoms with Gasteiger partial charge in [-0.1, -0.05) is 11.6 Å². The number of aliphatic carboxylic acids is 1. The topological polar surface area (TPSA) is 110 Å². The number of carbonyl (C=O) groups is 2. The Bertz CT molecular complexity index is 547. The number of nitrogens with zero attached hydrogens (tertiary/aromatic N) is 1. The zero-order valence-electron chi connectivity index (χ0n) is 10.6. The molecule has 1 unspecified atom stereocenters. The number of carbonyl (C=O) groups excluding carboxylic acids is 1. The Kier molecular flexibility index (Phi) is 5.45. The molecular weight excluding hydrogens is 288 g/mol. The van der Waals surface area contributed by atoms with Gasteiger partial charge in [0.1, 0.15) is 5.56 Å². The molecule has 0 aliphatic heterocycles. The van der Waals surface area contributed by atoms with Crippen molar-refractivity contribution in [3.8, 4) is 0 Å². The Hall–Kier alpha value is -2.15. The highest BCUT2D eigenvalue weighted by Crippen LogP contribution is 2.23. The van der Waals surface area contributed by atoms with Crippen molar-refractivity contribution in [2.45, 2.75) is 25.8 Å². The summed E-state index contributed by atoms with van der Waals surface area (Å²) in [6.45, 7) is 1.63. The monoisotopic (exact) mass is 300 g/mol. The molecule has 0 aliphatic carbocycles. The van der Waals surface area contributed by atoms with Crippen LogP contribution in [-0.4, -0.2) is 27.9 Å². The van der Waals surface area contributed by atoms with Gasteiger partial charge in [-0.05, 0) is 25.5 Å². The molecular formula is C12H13ClN2O5. The lowest BCUT2D eigenvalue weighted by atomic mass is 10.1. The molecule has 1 aromatic carbocycles. The van der Waals surface area contributed by atoms with E-state index >= 15 is 0 Å². The van der Waals surface area contributed by atoms with E-state index in [0.29, 0.717) is 0 Å². The summed E-state index contributed by atoms with van der Waals surface area (Å²) >= 11 is 5.65. The molecule has 8 heteroatoms. The highest BCUT2D eigenvalue weighted by atomic mass is 35.5. The van der Waals surface area contributed by atoms with Crippen molar-refractivity contribution in [2.75, 3.05) is 0 Å². The van der Waals surface area contributed by atoms with E-state index in [4.69, 9.17) is 16.7 Å². The summed E-state index contributed by atoms with van der Waals surface area (Å²) in [7, 11) is 0. The summed E-state index contributed by atoms with van der Waals surface area (Å²) in [6, 6.07) is 3.33. The number of carboxylic acid groups (broad SMARTS) is 1. The minimum Gasteiger partial charge on any atom is -0.481 e. The van der Waals surface area contributed by atoms with Crippen molar-refractivity contribution in [3.05, 3.63) is 38.9 Å². The summed E-state index contributed by atoms with van der Waals surface area (Å²) in [6.07, 6.45) is 0.145. The molecule has 108 valence electrons. The number of amides is 1. The summed E-state index contributed by atoms with van der Waals surface area (Å²) < 4.78 is 0. The van der Waals surface area contributed by atoms with Crippen LogP contribution in [-0.2, 0) is 4.79 Å². The fourth-order valence-corrected chi connectivity index (χ4v) is 1.73. The number of nitro groups is 1. The Morgan fingerprint density at radius 2 is 2.15 bits per heavy atom. The van der Waals surface area contributed by atoms with E-state index in [0.717, 1.165) is 6.07 Å². The van der Waals surface area contributed by atoms with Crippen LogP contribution in [0, 0.1) is 10.1 Å². The molecule has 0 aliphatic rings. The Morgan fingerprint density at radius 1 is 1.50 bits per heavy atom. The lowest BCUT2D eigenvalue weighted by molar-refractivity contribution is -0.385. The second kappa shape index (κ2) is 6.85. The zero-order chi connectivity index (χ0) is 15.3. The van der Waals surface area contributed by atoms with Crippen LogP contribution in [0.15, 0.2) is 18.2 Å². The van der Waals surface area contributed by atoms with Crippen molar-refractivity contribution < 1.29 is 19.6 Å². The highest BCUT2D eigenvalue weighted by Gasteiger charge is 2.21. The van der Waals surface area contributed by atoms with Crippen molar-refractivity contribution in [3.63, 3.8) is 0 Å². The van der Waals surface area contributed by atoms with Crippen molar-refractivity contribution in [1.29, 1.82) is 0 Å². The van der Waals surface area contributed by atoms with Crippen LogP contribution in [0.5, 0.6) is 0 Å². The van der Waals surface area contributed by atoms with Gasteiger partial charge in [0.05, 0.1) is 4.92 Å². The van der Waals surface area contributed by atoms with Gasteiger partial charge in [-0.3, -0.25) is 19.7 Å². The van der Waals surface area contributed by atoms with Crippen molar-refractivity contribution in [2.24, 2.45) is 0 Å². The number of nitrogens with one attached hydrogen (secondary N) is 1. The summed E-state index contributed by atoms with van der Waals surface area (Å²) in [5.74, 6) is -1.60. The fourth-order valence-electron chi connectivity index (χ4n) is 1.56. The number of benzene rings is 1. The summed E-state index contributed by atoms with van der Waals surface area (Å²) in [5, 5.41) is 22.1. The number of nitro benzene ring substituents is 1. The fraction of sp³-hybridized carbons (Fsp3) is 0.333. The van der Waals surface area contributed by atoms with E-state index in [1.165, 1.54) is 12.1 Å². The predicted octanol–water partition coefficient (Wildman–Crippen LogP) is 2.23. The van der Waals surface area contributed by atoms with E-state index in [-0.39, 0.29) is 29.1 Å². The molecule has 20 heavy (non-hydrogen) atoms. The Balaban J connectivity index is 2.82. The van der Waals surface area contributed by atoms with Gasteiger partial charge in [0, 0.05) is 23.6 Å². The molecule has 1 atom stereocenters. The Labute approximate surface area is 119 Å². The SMILES string of the molecule is CC(CCC(=O)O)NC(=O)c1ccc(Cl)cc1[N+](=O)[O-]. The number of hydrogen-bond donors (Lipinski definition) is 2. The molecule has 0 aromatic heterocycles. The van der Waals surface area contributed by atoms with Gasteiger partial charge in [0.15, 0.2) is 0 Å². The molecule has 2 N–H and O–H groups in total. The van der Waals surface area contributed by atoms with E-state index in [1.54, 1.807) is 6.92 Å². The second-order valence-corrected chi connectivity index (χ2v) is 4.66. The first-order valence-corrected chi connectivity index (χ1v) is 6.15. The van der Waals surface area contributed by atoms with E-state index in [2.05, 4.69) is 5.32 Å². The van der Waals surface area contributed by atoms with Crippen LogP contribution in [0.4, 0.5) is 5.69 Å². The smallest absolute Gasteiger partial charge is 0.303 e. The van der Waals surface area contributed by atoms with Crippen LogP contribution in [0.2, 0.25) is 5.02 Å². The molecule has 0 heterocycles. The Morgan fingerprint density at radius 3 is 2.70 bits per heavy atom. The first-order chi connectivity index (χ1) is 9.31. The molecule has 0 bridgehead atoms. The molecule has 0 saturated carbocycles. The number of hydrogen-bond acceptors (Lipinski definition) is 4. The molecule has 1 rings (SSSR count). The van der Waals surface area contributed by atoms with Gasteiger partial charge in [0.2, 0.25) is 0 Å². The standard InChI is InChI=1S/C12H13ClN2O5/c1-7(2-5-11(16)17)14-12(18)9-4-3-8(13)6-10(9)15(19)20/h3-4,6-7H,2,5H2,1H3,(H,14,18)(H,16,17). The highest BCUT2D eigenvalue weighted by molar-refractivity contribution is 6.31. The van der Waals surface area contributed by atoms with Gasteiger partial charge in [0.25, 0.3) is 11.6 Å². The first-order valence-electron chi connectivity index (χ1n) is 5.78. The number of carboxylic acids is 1. The van der Waals surface area contributed by atoms with Gasteiger partial charge >= 0.3 is 5.97 Å². The minimum absolute atomic E-state index is 0.0931. The normalized spacial score (nSPS) is 11.7. The van der Waals surface area contributed by atoms with E-state index in [1.807, 2.05) is 0 Å². The molecule has 0 fully saturated rings. The average Bonchev–Trinajstić information content (AvgIpc) is 2.35. The molecule has 0 radical (unpaired) electrons. The van der Waals surface area contributed by atoms with E-state index < -0.39 is 22.8 Å². The second-order valence-electron chi connectivity index (χ2n) is 4.23. The molecule has 7 nitrogen and oxygen atoms in total. The van der Waals surface area contributed by atoms with E-state index in [9.17, 15) is 19.7 Å². The predicted molar refractivity (Wildman–Crippen MR) is 71.9 cm³/mol. The van der Waals surface area contributed by atoms with Crippen LogP contribution in [0.25, 0.3) is 0 Å². The van der Waals surface area contributed by atoms with Gasteiger partial charge in [-0.2, -0.15) is 0 Å². The van der Waals surface area contributed by atoms with Crippen LogP contribution in [0.1, 0.15) is 30.1 Å². The van der Waals surface area contributed by atoms with Crippen LogP contribution >= 0.6 is 11.6 Å². The van der Waals surface area contributed by atoms with Crippen LogP contribution < -0.4 is 5.32 Å². The van der Waals surface area contributed by atoms with Crippen LogP contribution in [0.3, 0.4) is 0 Å². The van der Waals surface area contributed by atoms with Crippen molar-refractivity contribution >= 4 is 29.2 Å². The summed E-state index contributed by atoms with van der Waals surface area (Å²) in [5.41, 5.74) is -0.498. The zero-order valence-corrected chi connectivity index (χ0v) is 11.4. The number of halogens is 1. The van der Waals surface area contributed by atoms with Gasteiger partial charge < -0.3 is 10.4 Å². The molecule has 0 saturated heterocycles. The third-order valence-corrected chi connectivity index (χ3v) is 2.80. The molecule has 1 amide bonds. The quantitative estimate of drug-likeness (QED) is 0.618. The maximum absolute atomic E-state index is 11.9. The van der Waals surface area contributed by atoms with Gasteiger partial charge in [-0.25, -0.2) is 0 Å². The third-order valence-electron chi connectivity index (χ3n) is 2.57. The van der Waals surface area contributed by atoms with Gasteiger partial charge in [-0.15, -0.1) is 0 Å². The first kappa shape index (κ1) is 15.9. The molecule has 1 aromatic rings. The largest absolute Gasteiger partial charge is 0.481 e. The maximum atomic E-state index is 11.9. The minimum atomic E-state index is -0.969. The lowest BCUT2D eigenvalue weighted by Gasteiger charge is -2.12. The van der Waals surface area contributed by atoms with Crippen molar-refractivity contribution in [1.82, 2.24) is 5.32 Å².